The first-order valence-electron chi connectivity index (χ1n) is 7.76. The van der Waals surface area contributed by atoms with Gasteiger partial charge in [0.05, 0.1) is 0 Å². The average molecular weight is 274 g/mol. The van der Waals surface area contributed by atoms with E-state index in [1.807, 2.05) is 19.2 Å². The lowest BCUT2D eigenvalue weighted by molar-refractivity contribution is -0.117. The fraction of sp³-hybridized carbons (Fsp3) is 0.588. The molecule has 1 unspecified atom stereocenters. The third-order valence-corrected chi connectivity index (χ3v) is 4.33. The highest BCUT2D eigenvalue weighted by Crippen LogP contribution is 2.26. The van der Waals surface area contributed by atoms with Crippen molar-refractivity contribution in [2.45, 2.75) is 51.5 Å². The number of nitrogens with one attached hydrogen (secondary N) is 2. The maximum Gasteiger partial charge on any atom is 0.224 e. The molecule has 2 N–H and O–H groups in total. The molecule has 0 bridgehead atoms. The van der Waals surface area contributed by atoms with Crippen molar-refractivity contribution in [2.75, 3.05) is 12.4 Å². The van der Waals surface area contributed by atoms with Crippen LogP contribution in [0.5, 0.6) is 0 Å². The van der Waals surface area contributed by atoms with E-state index in [0.717, 1.165) is 5.69 Å². The van der Waals surface area contributed by atoms with Crippen molar-refractivity contribution in [1.82, 2.24) is 5.32 Å². The fourth-order valence-corrected chi connectivity index (χ4v) is 2.89. The summed E-state index contributed by atoms with van der Waals surface area (Å²) in [6, 6.07) is 8.44. The van der Waals surface area contributed by atoms with Gasteiger partial charge >= 0.3 is 0 Å². The Balaban J connectivity index is 1.84. The Labute approximate surface area is 122 Å². The first-order valence-corrected chi connectivity index (χ1v) is 7.76. The first-order chi connectivity index (χ1) is 9.69. The lowest BCUT2D eigenvalue weighted by Gasteiger charge is -2.20. The molecule has 3 heteroatoms. The zero-order valence-corrected chi connectivity index (χ0v) is 12.6. The molecule has 1 aromatic rings. The fourth-order valence-electron chi connectivity index (χ4n) is 2.89. The SMILES string of the molecule is CNC(C)c1ccc(NC(=O)CC2CCCCC2)cc1. The Morgan fingerprint density at radius 2 is 1.85 bits per heavy atom. The van der Waals surface area contributed by atoms with Gasteiger partial charge in [0, 0.05) is 18.2 Å². The largest absolute Gasteiger partial charge is 0.326 e. The van der Waals surface area contributed by atoms with Crippen molar-refractivity contribution in [3.05, 3.63) is 29.8 Å². The maximum absolute atomic E-state index is 12.0. The summed E-state index contributed by atoms with van der Waals surface area (Å²) in [6.07, 6.45) is 7.01. The van der Waals surface area contributed by atoms with Gasteiger partial charge in [-0.05, 0) is 50.4 Å². The minimum Gasteiger partial charge on any atom is -0.326 e. The van der Waals surface area contributed by atoms with Gasteiger partial charge in [-0.2, -0.15) is 0 Å². The second-order valence-electron chi connectivity index (χ2n) is 5.89. The normalized spacial score (nSPS) is 17.7. The minimum absolute atomic E-state index is 0.159. The van der Waals surface area contributed by atoms with Crippen molar-refractivity contribution in [1.29, 1.82) is 0 Å². The highest BCUT2D eigenvalue weighted by Gasteiger charge is 2.17. The lowest BCUT2D eigenvalue weighted by Crippen LogP contribution is -2.18. The Morgan fingerprint density at radius 3 is 2.45 bits per heavy atom. The molecule has 1 fully saturated rings. The van der Waals surface area contributed by atoms with Gasteiger partial charge in [0.2, 0.25) is 5.91 Å². The zero-order valence-electron chi connectivity index (χ0n) is 12.6. The van der Waals surface area contributed by atoms with E-state index in [0.29, 0.717) is 18.4 Å². The Hall–Kier alpha value is -1.35. The van der Waals surface area contributed by atoms with Gasteiger partial charge in [-0.15, -0.1) is 0 Å². The van der Waals surface area contributed by atoms with Gasteiger partial charge < -0.3 is 10.6 Å². The van der Waals surface area contributed by atoms with Gasteiger partial charge in [0.15, 0.2) is 0 Å². The topological polar surface area (TPSA) is 41.1 Å². The number of rotatable bonds is 5. The molecule has 0 radical (unpaired) electrons. The Kier molecular flexibility index (Phi) is 5.60. The molecular weight excluding hydrogens is 248 g/mol. The summed E-state index contributed by atoms with van der Waals surface area (Å²) in [5.41, 5.74) is 2.13. The van der Waals surface area contributed by atoms with Crippen molar-refractivity contribution in [3.63, 3.8) is 0 Å². The van der Waals surface area contributed by atoms with Crippen LogP contribution >= 0.6 is 0 Å². The number of amides is 1. The summed E-state index contributed by atoms with van der Waals surface area (Å²) in [5.74, 6) is 0.749. The molecule has 1 atom stereocenters. The molecule has 0 aromatic heterocycles. The Bertz CT molecular complexity index is 421. The zero-order chi connectivity index (χ0) is 14.4. The molecule has 0 saturated heterocycles. The van der Waals surface area contributed by atoms with E-state index >= 15 is 0 Å². The van der Waals surface area contributed by atoms with Crippen LogP contribution in [0.3, 0.4) is 0 Å². The highest BCUT2D eigenvalue weighted by atomic mass is 16.1. The molecule has 3 nitrogen and oxygen atoms in total. The number of hydrogen-bond donors (Lipinski definition) is 2. The molecule has 1 aromatic carbocycles. The molecule has 1 aliphatic carbocycles. The standard InChI is InChI=1S/C17H26N2O/c1-13(18-2)15-8-10-16(11-9-15)19-17(20)12-14-6-4-3-5-7-14/h8-11,13-14,18H,3-7,12H2,1-2H3,(H,19,20). The summed E-state index contributed by atoms with van der Waals surface area (Å²) in [5, 5.41) is 6.22. The van der Waals surface area contributed by atoms with E-state index in [4.69, 9.17) is 0 Å². The van der Waals surface area contributed by atoms with E-state index < -0.39 is 0 Å². The molecule has 0 aliphatic heterocycles. The van der Waals surface area contributed by atoms with Crippen molar-refractivity contribution >= 4 is 11.6 Å². The maximum atomic E-state index is 12.0. The number of hydrogen-bond acceptors (Lipinski definition) is 2. The van der Waals surface area contributed by atoms with Gasteiger partial charge in [-0.3, -0.25) is 4.79 Å². The molecule has 2 rings (SSSR count). The average Bonchev–Trinajstić information content (AvgIpc) is 2.48. The van der Waals surface area contributed by atoms with E-state index in [9.17, 15) is 4.79 Å². The number of carbonyl (C=O) groups excluding carboxylic acids is 1. The summed E-state index contributed by atoms with van der Waals surface area (Å²) < 4.78 is 0. The molecule has 20 heavy (non-hydrogen) atoms. The van der Waals surface area contributed by atoms with Crippen LogP contribution in [0.15, 0.2) is 24.3 Å². The highest BCUT2D eigenvalue weighted by molar-refractivity contribution is 5.90. The predicted molar refractivity (Wildman–Crippen MR) is 83.7 cm³/mol. The lowest BCUT2D eigenvalue weighted by atomic mass is 9.87. The van der Waals surface area contributed by atoms with Crippen LogP contribution in [-0.2, 0) is 4.79 Å². The molecule has 0 spiro atoms. The monoisotopic (exact) mass is 274 g/mol. The summed E-state index contributed by atoms with van der Waals surface area (Å²) in [4.78, 5) is 12.0. The van der Waals surface area contributed by atoms with Gasteiger partial charge in [0.1, 0.15) is 0 Å². The number of carbonyl (C=O) groups is 1. The molecule has 1 aliphatic rings. The van der Waals surface area contributed by atoms with Crippen LogP contribution in [0.25, 0.3) is 0 Å². The van der Waals surface area contributed by atoms with Crippen LogP contribution < -0.4 is 10.6 Å². The number of benzene rings is 1. The van der Waals surface area contributed by atoms with Crippen molar-refractivity contribution < 1.29 is 4.79 Å². The van der Waals surface area contributed by atoms with Crippen LogP contribution in [0.1, 0.15) is 57.1 Å². The van der Waals surface area contributed by atoms with Gasteiger partial charge in [-0.25, -0.2) is 0 Å². The second kappa shape index (κ2) is 7.44. The third-order valence-electron chi connectivity index (χ3n) is 4.33. The predicted octanol–water partition coefficient (Wildman–Crippen LogP) is 3.88. The quantitative estimate of drug-likeness (QED) is 0.855. The van der Waals surface area contributed by atoms with Crippen LogP contribution in [0, 0.1) is 5.92 Å². The first kappa shape index (κ1) is 15.0. The smallest absolute Gasteiger partial charge is 0.224 e. The van der Waals surface area contributed by atoms with Crippen molar-refractivity contribution in [2.24, 2.45) is 5.92 Å². The molecule has 110 valence electrons. The molecule has 1 amide bonds. The summed E-state index contributed by atoms with van der Waals surface area (Å²) in [6.45, 7) is 2.12. The minimum atomic E-state index is 0.159. The van der Waals surface area contributed by atoms with Gasteiger partial charge in [0.25, 0.3) is 0 Å². The van der Waals surface area contributed by atoms with E-state index in [1.54, 1.807) is 0 Å². The van der Waals surface area contributed by atoms with E-state index in [-0.39, 0.29) is 5.91 Å². The summed E-state index contributed by atoms with van der Waals surface area (Å²) in [7, 11) is 1.95. The second-order valence-corrected chi connectivity index (χ2v) is 5.89. The van der Waals surface area contributed by atoms with Crippen LogP contribution in [0.4, 0.5) is 5.69 Å². The van der Waals surface area contributed by atoms with Crippen LogP contribution in [-0.4, -0.2) is 13.0 Å². The van der Waals surface area contributed by atoms with Crippen molar-refractivity contribution in [3.8, 4) is 0 Å². The van der Waals surface area contributed by atoms with Gasteiger partial charge in [-0.1, -0.05) is 31.4 Å². The molecule has 1 saturated carbocycles. The van der Waals surface area contributed by atoms with Crippen LogP contribution in [0.2, 0.25) is 0 Å². The Morgan fingerprint density at radius 1 is 1.20 bits per heavy atom. The number of anilines is 1. The third kappa shape index (κ3) is 4.34. The molecule has 0 heterocycles. The van der Waals surface area contributed by atoms with E-state index in [2.05, 4.69) is 29.7 Å². The van der Waals surface area contributed by atoms with E-state index in [1.165, 1.54) is 37.7 Å². The summed E-state index contributed by atoms with van der Waals surface area (Å²) >= 11 is 0. The molecular formula is C17H26N2O.